The first kappa shape index (κ1) is 15.8. The monoisotopic (exact) mass is 287 g/mol. The van der Waals surface area contributed by atoms with E-state index in [1.165, 1.54) is 26.1 Å². The summed E-state index contributed by atoms with van der Waals surface area (Å²) in [5.41, 5.74) is 1.04. The maximum atomic E-state index is 8.64. The summed E-state index contributed by atoms with van der Waals surface area (Å²) in [7, 11) is 0. The Labute approximate surface area is 127 Å². The molecule has 0 aromatic heterocycles. The summed E-state index contributed by atoms with van der Waals surface area (Å²) in [6.45, 7) is 9.81. The van der Waals surface area contributed by atoms with Crippen LogP contribution in [0.5, 0.6) is 5.75 Å². The van der Waals surface area contributed by atoms with Crippen LogP contribution >= 0.6 is 0 Å². The first-order valence-corrected chi connectivity index (χ1v) is 7.85. The molecule has 0 radical (unpaired) electrons. The fourth-order valence-electron chi connectivity index (χ4n) is 2.64. The van der Waals surface area contributed by atoms with Gasteiger partial charge >= 0.3 is 0 Å². The maximum absolute atomic E-state index is 8.64. The molecule has 2 rings (SSSR count). The fraction of sp³-hybridized carbons (Fsp3) is 0.588. The zero-order chi connectivity index (χ0) is 14.9. The number of hydrogen-bond acceptors (Lipinski definition) is 4. The normalized spacial score (nSPS) is 16.6. The van der Waals surface area contributed by atoms with E-state index in [0.29, 0.717) is 6.42 Å². The molecular formula is C17H25N3O. The Hall–Kier alpha value is -1.57. The summed E-state index contributed by atoms with van der Waals surface area (Å²) in [6.07, 6.45) is 1.70. The topological polar surface area (TPSA) is 39.5 Å². The van der Waals surface area contributed by atoms with Gasteiger partial charge in [0.1, 0.15) is 12.4 Å². The molecule has 1 aliphatic rings. The molecule has 0 amide bonds. The van der Waals surface area contributed by atoms with E-state index >= 15 is 0 Å². The second kappa shape index (κ2) is 8.66. The molecule has 1 fully saturated rings. The van der Waals surface area contributed by atoms with Gasteiger partial charge in [-0.3, -0.25) is 4.90 Å². The lowest BCUT2D eigenvalue weighted by Crippen LogP contribution is -2.47. The van der Waals surface area contributed by atoms with Gasteiger partial charge in [-0.25, -0.2) is 0 Å². The summed E-state index contributed by atoms with van der Waals surface area (Å²) in [4.78, 5) is 5.00. The zero-order valence-electron chi connectivity index (χ0n) is 12.9. The first-order valence-electron chi connectivity index (χ1n) is 7.85. The van der Waals surface area contributed by atoms with Crippen molar-refractivity contribution in [1.29, 1.82) is 5.26 Å². The van der Waals surface area contributed by atoms with Gasteiger partial charge in [0.05, 0.1) is 12.5 Å². The van der Waals surface area contributed by atoms with E-state index in [1.807, 2.05) is 24.3 Å². The number of nitrogens with zero attached hydrogens (tertiary/aromatic N) is 3. The lowest BCUT2D eigenvalue weighted by molar-refractivity contribution is 0.117. The van der Waals surface area contributed by atoms with Gasteiger partial charge in [-0.2, -0.15) is 5.26 Å². The molecule has 114 valence electrons. The predicted octanol–water partition coefficient (Wildman–Crippen LogP) is 2.16. The van der Waals surface area contributed by atoms with Crippen molar-refractivity contribution in [2.24, 2.45) is 0 Å². The lowest BCUT2D eigenvalue weighted by atomic mass is 10.2. The quantitative estimate of drug-likeness (QED) is 0.770. The largest absolute Gasteiger partial charge is 0.492 e. The van der Waals surface area contributed by atoms with E-state index in [2.05, 4.69) is 22.8 Å². The van der Waals surface area contributed by atoms with Crippen molar-refractivity contribution in [3.8, 4) is 11.8 Å². The average molecular weight is 287 g/mol. The molecule has 0 N–H and O–H groups in total. The third-order valence-electron chi connectivity index (χ3n) is 3.89. The number of hydrogen-bond donors (Lipinski definition) is 0. The van der Waals surface area contributed by atoms with Crippen molar-refractivity contribution in [3.63, 3.8) is 0 Å². The number of nitriles is 1. The van der Waals surface area contributed by atoms with Crippen LogP contribution in [0, 0.1) is 11.3 Å². The molecule has 1 aliphatic heterocycles. The van der Waals surface area contributed by atoms with Crippen molar-refractivity contribution in [2.75, 3.05) is 45.9 Å². The minimum Gasteiger partial charge on any atom is -0.492 e. The van der Waals surface area contributed by atoms with Gasteiger partial charge in [-0.05, 0) is 30.7 Å². The third kappa shape index (κ3) is 5.37. The van der Waals surface area contributed by atoms with E-state index < -0.39 is 0 Å². The van der Waals surface area contributed by atoms with Gasteiger partial charge in [-0.15, -0.1) is 0 Å². The highest BCUT2D eigenvalue weighted by Crippen LogP contribution is 2.12. The van der Waals surface area contributed by atoms with Crippen LogP contribution in [0.3, 0.4) is 0 Å². The molecule has 4 heteroatoms. The summed E-state index contributed by atoms with van der Waals surface area (Å²) in [5, 5.41) is 8.64. The Morgan fingerprint density at radius 3 is 2.24 bits per heavy atom. The molecule has 1 heterocycles. The van der Waals surface area contributed by atoms with Crippen molar-refractivity contribution < 1.29 is 4.74 Å². The van der Waals surface area contributed by atoms with Gasteiger partial charge in [0.2, 0.25) is 0 Å². The van der Waals surface area contributed by atoms with Gasteiger partial charge in [0, 0.05) is 32.7 Å². The smallest absolute Gasteiger partial charge is 0.119 e. The molecule has 0 saturated carbocycles. The molecule has 0 bridgehead atoms. The number of rotatable bonds is 7. The summed E-state index contributed by atoms with van der Waals surface area (Å²) < 4.78 is 5.78. The minimum absolute atomic E-state index is 0.461. The van der Waals surface area contributed by atoms with Crippen LogP contribution < -0.4 is 4.74 Å². The van der Waals surface area contributed by atoms with Crippen LogP contribution in [-0.2, 0) is 6.42 Å². The molecule has 0 aliphatic carbocycles. The molecule has 0 atom stereocenters. The highest BCUT2D eigenvalue weighted by Gasteiger charge is 2.15. The Morgan fingerprint density at radius 1 is 1.05 bits per heavy atom. The standard InChI is InChI=1S/C17H25N3O/c1-2-9-19-10-12-20(13-11-19)14-15-21-17-5-3-16(4-6-17)7-8-18/h3-6H,2,7,9-15H2,1H3. The van der Waals surface area contributed by atoms with Crippen molar-refractivity contribution >= 4 is 0 Å². The zero-order valence-corrected chi connectivity index (χ0v) is 12.9. The van der Waals surface area contributed by atoms with E-state index in [0.717, 1.165) is 37.6 Å². The van der Waals surface area contributed by atoms with E-state index in [-0.39, 0.29) is 0 Å². The second-order valence-corrected chi connectivity index (χ2v) is 5.51. The second-order valence-electron chi connectivity index (χ2n) is 5.51. The van der Waals surface area contributed by atoms with Crippen LogP contribution in [0.25, 0.3) is 0 Å². The summed E-state index contributed by atoms with van der Waals surface area (Å²) >= 11 is 0. The highest BCUT2D eigenvalue weighted by molar-refractivity contribution is 5.28. The van der Waals surface area contributed by atoms with Gasteiger partial charge in [0.25, 0.3) is 0 Å². The summed E-state index contributed by atoms with van der Waals surface area (Å²) in [6, 6.07) is 9.97. The number of ether oxygens (including phenoxy) is 1. The Balaban J connectivity index is 1.64. The number of piperazine rings is 1. The van der Waals surface area contributed by atoms with Crippen molar-refractivity contribution in [1.82, 2.24) is 9.80 Å². The maximum Gasteiger partial charge on any atom is 0.119 e. The molecule has 4 nitrogen and oxygen atoms in total. The van der Waals surface area contributed by atoms with Crippen LogP contribution in [-0.4, -0.2) is 55.7 Å². The van der Waals surface area contributed by atoms with Gasteiger partial charge in [0.15, 0.2) is 0 Å². The molecule has 1 saturated heterocycles. The fourth-order valence-corrected chi connectivity index (χ4v) is 2.64. The Kier molecular flexibility index (Phi) is 6.52. The Morgan fingerprint density at radius 2 is 1.67 bits per heavy atom. The molecule has 1 aromatic carbocycles. The van der Waals surface area contributed by atoms with E-state index in [1.54, 1.807) is 0 Å². The predicted molar refractivity (Wildman–Crippen MR) is 84.4 cm³/mol. The van der Waals surface area contributed by atoms with Crippen LogP contribution in [0.2, 0.25) is 0 Å². The van der Waals surface area contributed by atoms with Crippen LogP contribution in [0.4, 0.5) is 0 Å². The van der Waals surface area contributed by atoms with Gasteiger partial charge < -0.3 is 9.64 Å². The van der Waals surface area contributed by atoms with Gasteiger partial charge in [-0.1, -0.05) is 19.1 Å². The van der Waals surface area contributed by atoms with E-state index in [4.69, 9.17) is 10.00 Å². The Bertz CT molecular complexity index is 444. The molecule has 21 heavy (non-hydrogen) atoms. The van der Waals surface area contributed by atoms with Crippen LogP contribution in [0.15, 0.2) is 24.3 Å². The van der Waals surface area contributed by atoms with Crippen molar-refractivity contribution in [2.45, 2.75) is 19.8 Å². The lowest BCUT2D eigenvalue weighted by Gasteiger charge is -2.34. The van der Waals surface area contributed by atoms with Crippen molar-refractivity contribution in [3.05, 3.63) is 29.8 Å². The summed E-state index contributed by atoms with van der Waals surface area (Å²) in [5.74, 6) is 0.890. The van der Waals surface area contributed by atoms with E-state index in [9.17, 15) is 0 Å². The first-order chi connectivity index (χ1) is 10.3. The minimum atomic E-state index is 0.461. The highest BCUT2D eigenvalue weighted by atomic mass is 16.5. The molecule has 0 unspecified atom stereocenters. The van der Waals surface area contributed by atoms with Crippen LogP contribution in [0.1, 0.15) is 18.9 Å². The average Bonchev–Trinajstić information content (AvgIpc) is 2.51. The molecule has 0 spiro atoms. The molecular weight excluding hydrogens is 262 g/mol. The molecule has 1 aromatic rings. The SMILES string of the molecule is CCCN1CCN(CCOc2ccc(CC#N)cc2)CC1. The third-order valence-corrected chi connectivity index (χ3v) is 3.89. The number of benzene rings is 1.